The smallest absolute Gasteiger partial charge is 0.138 e. The lowest BCUT2D eigenvalue weighted by Crippen LogP contribution is -2.57. The van der Waals surface area contributed by atoms with Gasteiger partial charge in [0.25, 0.3) is 0 Å². The summed E-state index contributed by atoms with van der Waals surface area (Å²) in [5.74, 6) is 2.21. The van der Waals surface area contributed by atoms with Crippen LogP contribution in [0.2, 0.25) is 0 Å². The van der Waals surface area contributed by atoms with Crippen molar-refractivity contribution in [2.75, 3.05) is 0 Å². The standard InChI is InChI=1S/C30H50O4/c1-18(8-11-23(33)26(4,5)34)24-19(31)16-28(7)21-10-9-20-25(2,3)22(32)12-13-29(20)17-30(21,29)15-14-27(24,28)6/h18-21,23-24,31,33-34H,8-17H2,1-7H3/t18-,19-,20+,21-,23+,24-,27+,28-,29+,30-/m0/s1. The van der Waals surface area contributed by atoms with Crippen molar-refractivity contribution in [2.45, 2.75) is 130 Å². The zero-order chi connectivity index (χ0) is 25.1. The van der Waals surface area contributed by atoms with Crippen LogP contribution in [0.4, 0.5) is 0 Å². The van der Waals surface area contributed by atoms with Gasteiger partial charge in [-0.05, 0) is 117 Å². The largest absolute Gasteiger partial charge is 0.393 e. The van der Waals surface area contributed by atoms with Crippen LogP contribution in [0.5, 0.6) is 0 Å². The summed E-state index contributed by atoms with van der Waals surface area (Å²) in [6.45, 7) is 15.0. The van der Waals surface area contributed by atoms with Crippen LogP contribution in [0.1, 0.15) is 113 Å². The Morgan fingerprint density at radius 1 is 0.971 bits per heavy atom. The van der Waals surface area contributed by atoms with Gasteiger partial charge in [0.2, 0.25) is 0 Å². The molecule has 0 aliphatic heterocycles. The molecule has 34 heavy (non-hydrogen) atoms. The third-order valence-electron chi connectivity index (χ3n) is 13.2. The number of Topliss-reactive ketones (excluding diaryl/α,β-unsaturated/α-hetero) is 1. The van der Waals surface area contributed by atoms with Crippen LogP contribution < -0.4 is 0 Å². The summed E-state index contributed by atoms with van der Waals surface area (Å²) >= 11 is 0. The van der Waals surface area contributed by atoms with Crippen molar-refractivity contribution in [3.63, 3.8) is 0 Å². The van der Waals surface area contributed by atoms with Crippen LogP contribution in [-0.2, 0) is 4.79 Å². The van der Waals surface area contributed by atoms with Crippen LogP contribution in [-0.4, -0.2) is 38.9 Å². The minimum atomic E-state index is -1.09. The predicted molar refractivity (Wildman–Crippen MR) is 134 cm³/mol. The summed E-state index contributed by atoms with van der Waals surface area (Å²) in [5, 5.41) is 32.1. The highest BCUT2D eigenvalue weighted by Crippen LogP contribution is 2.88. The van der Waals surface area contributed by atoms with Crippen molar-refractivity contribution in [3.8, 4) is 0 Å². The van der Waals surface area contributed by atoms with E-state index < -0.39 is 11.7 Å². The van der Waals surface area contributed by atoms with Crippen LogP contribution in [0.25, 0.3) is 0 Å². The molecule has 5 saturated carbocycles. The molecule has 0 aromatic rings. The van der Waals surface area contributed by atoms with E-state index in [1.807, 2.05) is 0 Å². The Morgan fingerprint density at radius 2 is 1.59 bits per heavy atom. The third kappa shape index (κ3) is 2.97. The molecule has 0 bridgehead atoms. The van der Waals surface area contributed by atoms with Crippen molar-refractivity contribution < 1.29 is 20.1 Å². The molecule has 5 fully saturated rings. The molecule has 0 heterocycles. The minimum absolute atomic E-state index is 0.0953. The molecule has 0 saturated heterocycles. The normalized spacial score (nSPS) is 51.1. The average Bonchev–Trinajstić information content (AvgIpc) is 3.34. The second-order valence-electron chi connectivity index (χ2n) is 15.2. The second-order valence-corrected chi connectivity index (χ2v) is 15.2. The van der Waals surface area contributed by atoms with Gasteiger partial charge in [-0.15, -0.1) is 0 Å². The maximum Gasteiger partial charge on any atom is 0.138 e. The molecule has 4 heteroatoms. The molecule has 0 aromatic carbocycles. The third-order valence-corrected chi connectivity index (χ3v) is 13.2. The second kappa shape index (κ2) is 7.32. The highest BCUT2D eigenvalue weighted by molar-refractivity contribution is 5.86. The molecule has 0 radical (unpaired) electrons. The summed E-state index contributed by atoms with van der Waals surface area (Å²) in [5.41, 5.74) is -0.295. The van der Waals surface area contributed by atoms with Crippen molar-refractivity contribution in [3.05, 3.63) is 0 Å². The highest BCUT2D eigenvalue weighted by Gasteiger charge is 2.82. The van der Waals surface area contributed by atoms with Gasteiger partial charge in [-0.1, -0.05) is 34.6 Å². The molecule has 0 amide bonds. The number of hydrogen-bond donors (Lipinski definition) is 3. The summed E-state index contributed by atoms with van der Waals surface area (Å²) in [7, 11) is 0. The van der Waals surface area contributed by atoms with Crippen molar-refractivity contribution in [1.82, 2.24) is 0 Å². The first-order valence-corrected chi connectivity index (χ1v) is 14.2. The Hall–Kier alpha value is -0.450. The summed E-state index contributed by atoms with van der Waals surface area (Å²) in [4.78, 5) is 12.9. The number of aliphatic hydroxyl groups is 3. The lowest BCUT2D eigenvalue weighted by Gasteiger charge is -2.62. The highest BCUT2D eigenvalue weighted by atomic mass is 16.3. The van der Waals surface area contributed by atoms with E-state index in [1.54, 1.807) is 13.8 Å². The molecule has 5 aliphatic rings. The zero-order valence-corrected chi connectivity index (χ0v) is 22.8. The topological polar surface area (TPSA) is 77.8 Å². The molecule has 10 atom stereocenters. The van der Waals surface area contributed by atoms with E-state index in [0.717, 1.165) is 25.7 Å². The quantitative estimate of drug-likeness (QED) is 0.491. The zero-order valence-electron chi connectivity index (χ0n) is 22.8. The maximum atomic E-state index is 12.9. The van der Waals surface area contributed by atoms with E-state index in [1.165, 1.54) is 32.1 Å². The van der Waals surface area contributed by atoms with Crippen LogP contribution >= 0.6 is 0 Å². The van der Waals surface area contributed by atoms with Gasteiger partial charge in [-0.3, -0.25) is 4.79 Å². The van der Waals surface area contributed by atoms with E-state index in [2.05, 4.69) is 34.6 Å². The van der Waals surface area contributed by atoms with Crippen LogP contribution in [0, 0.1) is 50.7 Å². The fraction of sp³-hybridized carbons (Fsp3) is 0.967. The Labute approximate surface area is 207 Å². The van der Waals surface area contributed by atoms with Crippen LogP contribution in [0.15, 0.2) is 0 Å². The molecule has 194 valence electrons. The first-order chi connectivity index (χ1) is 15.6. The molecular weight excluding hydrogens is 424 g/mol. The van der Waals surface area contributed by atoms with Crippen LogP contribution in [0.3, 0.4) is 0 Å². The summed E-state index contributed by atoms with van der Waals surface area (Å²) in [6, 6.07) is 0. The lowest BCUT2D eigenvalue weighted by molar-refractivity contribution is -0.157. The molecule has 5 rings (SSSR count). The SMILES string of the molecule is C[C@@H](CC[C@@H](O)C(C)(C)O)[C@H]1[C@@H](O)C[C@@]2(C)[C@@H]3CC[C@@H]4C(C)(C)C(=O)CC[C@@]45C[C@@]35CC[C@]12C. The number of rotatable bonds is 5. The van der Waals surface area contributed by atoms with Crippen molar-refractivity contribution in [2.24, 2.45) is 50.7 Å². The Balaban J connectivity index is 1.41. The molecule has 0 aromatic heterocycles. The number of carbonyl (C=O) groups is 1. The van der Waals surface area contributed by atoms with Gasteiger partial charge in [0.05, 0.1) is 17.8 Å². The number of fused-ring (bicyclic) bond motifs is 2. The monoisotopic (exact) mass is 474 g/mol. The molecule has 5 aliphatic carbocycles. The van der Waals surface area contributed by atoms with Gasteiger partial charge < -0.3 is 15.3 Å². The minimum Gasteiger partial charge on any atom is -0.393 e. The van der Waals surface area contributed by atoms with E-state index >= 15 is 0 Å². The van der Waals surface area contributed by atoms with E-state index in [9.17, 15) is 20.1 Å². The van der Waals surface area contributed by atoms with Gasteiger partial charge >= 0.3 is 0 Å². The summed E-state index contributed by atoms with van der Waals surface area (Å²) in [6.07, 6.45) is 9.24. The van der Waals surface area contributed by atoms with Gasteiger partial charge in [0.1, 0.15) is 5.78 Å². The number of hydrogen-bond acceptors (Lipinski definition) is 4. The Morgan fingerprint density at radius 3 is 2.24 bits per heavy atom. The summed E-state index contributed by atoms with van der Waals surface area (Å²) < 4.78 is 0. The Bertz CT molecular complexity index is 858. The number of ketones is 1. The van der Waals surface area contributed by atoms with Crippen molar-refractivity contribution in [1.29, 1.82) is 0 Å². The van der Waals surface area contributed by atoms with E-state index in [4.69, 9.17) is 0 Å². The molecule has 3 N–H and O–H groups in total. The molecule has 4 nitrogen and oxygen atoms in total. The van der Waals surface area contributed by atoms with Gasteiger partial charge in [0, 0.05) is 11.8 Å². The number of carbonyl (C=O) groups excluding carboxylic acids is 1. The average molecular weight is 475 g/mol. The maximum absolute atomic E-state index is 12.9. The van der Waals surface area contributed by atoms with E-state index in [0.29, 0.717) is 40.8 Å². The van der Waals surface area contributed by atoms with Crippen molar-refractivity contribution >= 4 is 5.78 Å². The molecule has 0 unspecified atom stereocenters. The predicted octanol–water partition coefficient (Wildman–Crippen LogP) is 5.51. The number of aliphatic hydroxyl groups excluding tert-OH is 2. The molecule has 2 spiro atoms. The van der Waals surface area contributed by atoms with Gasteiger partial charge in [-0.2, -0.15) is 0 Å². The van der Waals surface area contributed by atoms with E-state index in [-0.39, 0.29) is 28.3 Å². The lowest BCUT2D eigenvalue weighted by atomic mass is 9.42. The Kier molecular flexibility index (Phi) is 5.42. The first-order valence-electron chi connectivity index (χ1n) is 14.2. The fourth-order valence-electron chi connectivity index (χ4n) is 11.2. The van der Waals surface area contributed by atoms with Gasteiger partial charge in [0.15, 0.2) is 0 Å². The molecular formula is C30H50O4. The first kappa shape index (κ1) is 25.2. The fourth-order valence-corrected chi connectivity index (χ4v) is 11.2. The van der Waals surface area contributed by atoms with Gasteiger partial charge in [-0.25, -0.2) is 0 Å².